The molecule has 1 aromatic carbocycles. The van der Waals surface area contributed by atoms with Crippen LogP contribution in [0.3, 0.4) is 0 Å². The van der Waals surface area contributed by atoms with Crippen molar-refractivity contribution in [1.29, 1.82) is 0 Å². The van der Waals surface area contributed by atoms with Gasteiger partial charge >= 0.3 is 0 Å². The molecule has 1 amide bonds. The number of ketones is 1. The average molecular weight is 414 g/mol. The Labute approximate surface area is 174 Å². The van der Waals surface area contributed by atoms with Crippen LogP contribution >= 0.6 is 0 Å². The van der Waals surface area contributed by atoms with Gasteiger partial charge in [-0.2, -0.15) is 0 Å². The van der Waals surface area contributed by atoms with Crippen LogP contribution < -0.4 is 20.3 Å². The van der Waals surface area contributed by atoms with Crippen molar-refractivity contribution in [3.05, 3.63) is 57.0 Å². The molecule has 0 spiro atoms. The van der Waals surface area contributed by atoms with Gasteiger partial charge in [0.2, 0.25) is 0 Å². The Kier molecular flexibility index (Phi) is 5.98. The lowest BCUT2D eigenvalue weighted by molar-refractivity contribution is 0.0908. The minimum Gasteiger partial charge on any atom is -0.497 e. The minimum absolute atomic E-state index is 0.104. The topological polar surface area (TPSA) is 118 Å². The number of pyridine rings is 1. The highest BCUT2D eigenvalue weighted by Crippen LogP contribution is 2.33. The number of aliphatic hydroxyl groups excluding tert-OH is 1. The quantitative estimate of drug-likeness (QED) is 0.666. The number of aromatic amines is 1. The third-order valence-corrected chi connectivity index (χ3v) is 5.21. The first-order valence-corrected chi connectivity index (χ1v) is 9.63. The van der Waals surface area contributed by atoms with E-state index >= 15 is 0 Å². The molecule has 3 rings (SSSR count). The van der Waals surface area contributed by atoms with Gasteiger partial charge in [0.05, 0.1) is 14.2 Å². The predicted octanol–water partition coefficient (Wildman–Crippen LogP) is 2.01. The Bertz CT molecular complexity index is 1040. The van der Waals surface area contributed by atoms with Gasteiger partial charge in [-0.3, -0.25) is 14.4 Å². The number of carbonyl (C=O) groups excluding carboxylic acids is 2. The van der Waals surface area contributed by atoms with Gasteiger partial charge in [0.15, 0.2) is 5.78 Å². The molecule has 1 atom stereocenters. The van der Waals surface area contributed by atoms with Gasteiger partial charge in [-0.15, -0.1) is 0 Å². The van der Waals surface area contributed by atoms with Crippen molar-refractivity contribution < 1.29 is 24.2 Å². The number of aromatic nitrogens is 1. The fourth-order valence-electron chi connectivity index (χ4n) is 3.69. The summed E-state index contributed by atoms with van der Waals surface area (Å²) < 4.78 is 10.4. The largest absolute Gasteiger partial charge is 0.497 e. The number of aliphatic hydroxyl groups is 1. The first-order chi connectivity index (χ1) is 14.1. The number of nitrogens with one attached hydrogen (secondary N) is 2. The number of rotatable bonds is 6. The van der Waals surface area contributed by atoms with Gasteiger partial charge in [-0.25, -0.2) is 0 Å². The number of ether oxygens (including phenoxy) is 2. The molecular formula is C22H26N2O6. The molecule has 0 saturated heterocycles. The second kappa shape index (κ2) is 8.31. The average Bonchev–Trinajstić information content (AvgIpc) is 2.69. The molecule has 2 aromatic rings. The van der Waals surface area contributed by atoms with E-state index in [-0.39, 0.29) is 23.3 Å². The smallest absolute Gasteiger partial charge is 0.261 e. The van der Waals surface area contributed by atoms with Gasteiger partial charge in [-0.1, -0.05) is 13.8 Å². The normalized spacial score (nSPS) is 15.8. The van der Waals surface area contributed by atoms with Crippen molar-refractivity contribution >= 4 is 11.7 Å². The van der Waals surface area contributed by atoms with Crippen LogP contribution in [0, 0.1) is 5.41 Å². The molecule has 8 nitrogen and oxygen atoms in total. The van der Waals surface area contributed by atoms with E-state index in [2.05, 4.69) is 10.3 Å². The standard InChI is InChI=1S/C22H26N2O6/c1-22(2)9-16-13(17(25)10-22)8-15(21(28)24-16)20(27)23-11-18(26)14-7-12(29-3)5-6-19(14)30-4/h5-8,18,26H,9-11H2,1-4H3,(H,23,27)(H,24,28). The maximum Gasteiger partial charge on any atom is 0.261 e. The SMILES string of the molecule is COc1ccc(OC)c(C(O)CNC(=O)c2cc3c([nH]c2=O)CC(C)(C)CC3=O)c1. The van der Waals surface area contributed by atoms with E-state index in [4.69, 9.17) is 9.47 Å². The van der Waals surface area contributed by atoms with E-state index in [0.717, 1.165) is 0 Å². The van der Waals surface area contributed by atoms with Crippen molar-refractivity contribution in [1.82, 2.24) is 10.3 Å². The number of benzene rings is 1. The number of amides is 1. The van der Waals surface area contributed by atoms with E-state index in [0.29, 0.717) is 41.2 Å². The van der Waals surface area contributed by atoms with Crippen LogP contribution in [0.1, 0.15) is 58.3 Å². The molecule has 0 radical (unpaired) electrons. The van der Waals surface area contributed by atoms with Gasteiger partial charge in [0.1, 0.15) is 23.2 Å². The number of H-pyrrole nitrogens is 1. The third kappa shape index (κ3) is 4.38. The predicted molar refractivity (Wildman–Crippen MR) is 110 cm³/mol. The first kappa shape index (κ1) is 21.6. The van der Waals surface area contributed by atoms with Gasteiger partial charge < -0.3 is 24.9 Å². The first-order valence-electron chi connectivity index (χ1n) is 9.63. The maximum atomic E-state index is 12.6. The Hall–Kier alpha value is -3.13. The molecule has 0 fully saturated rings. The van der Waals surface area contributed by atoms with Gasteiger partial charge in [0, 0.05) is 29.8 Å². The number of fused-ring (bicyclic) bond motifs is 1. The number of methoxy groups -OCH3 is 2. The number of hydrogen-bond acceptors (Lipinski definition) is 6. The van der Waals surface area contributed by atoms with Crippen LogP contribution in [0.5, 0.6) is 11.5 Å². The molecule has 160 valence electrons. The van der Waals surface area contributed by atoms with E-state index < -0.39 is 17.6 Å². The number of hydrogen-bond donors (Lipinski definition) is 3. The van der Waals surface area contributed by atoms with Crippen molar-refractivity contribution in [2.24, 2.45) is 5.41 Å². The fraction of sp³-hybridized carbons (Fsp3) is 0.409. The summed E-state index contributed by atoms with van der Waals surface area (Å²) in [6.07, 6.45) is -0.181. The van der Waals surface area contributed by atoms with Gasteiger partial charge in [0.25, 0.3) is 11.5 Å². The van der Waals surface area contributed by atoms with Crippen molar-refractivity contribution in [3.63, 3.8) is 0 Å². The Morgan fingerprint density at radius 3 is 2.60 bits per heavy atom. The number of carbonyl (C=O) groups is 2. The number of Topliss-reactive ketones (excluding diaryl/α,β-unsaturated/α-hetero) is 1. The molecule has 1 aromatic heterocycles. The zero-order valence-electron chi connectivity index (χ0n) is 17.5. The maximum absolute atomic E-state index is 12.6. The van der Waals surface area contributed by atoms with Crippen molar-refractivity contribution in [2.45, 2.75) is 32.8 Å². The lowest BCUT2D eigenvalue weighted by Gasteiger charge is -2.29. The molecule has 1 aliphatic carbocycles. The monoisotopic (exact) mass is 414 g/mol. The molecule has 0 aliphatic heterocycles. The highest BCUT2D eigenvalue weighted by atomic mass is 16.5. The minimum atomic E-state index is -1.09. The molecule has 3 N–H and O–H groups in total. The highest BCUT2D eigenvalue weighted by molar-refractivity contribution is 6.02. The Morgan fingerprint density at radius 1 is 1.20 bits per heavy atom. The molecule has 8 heteroatoms. The fourth-order valence-corrected chi connectivity index (χ4v) is 3.69. The van der Waals surface area contributed by atoms with Crippen LogP contribution in [0.2, 0.25) is 0 Å². The molecule has 0 bridgehead atoms. The molecule has 30 heavy (non-hydrogen) atoms. The summed E-state index contributed by atoms with van der Waals surface area (Å²) >= 11 is 0. The van der Waals surface area contributed by atoms with Crippen molar-refractivity contribution in [3.8, 4) is 11.5 Å². The Morgan fingerprint density at radius 2 is 1.93 bits per heavy atom. The molecule has 0 saturated carbocycles. The van der Waals surface area contributed by atoms with E-state index in [1.807, 2.05) is 13.8 Å². The lowest BCUT2D eigenvalue weighted by Crippen LogP contribution is -2.36. The molecule has 1 heterocycles. The second-order valence-corrected chi connectivity index (χ2v) is 8.18. The van der Waals surface area contributed by atoms with E-state index in [9.17, 15) is 19.5 Å². The molecule has 1 aliphatic rings. The zero-order valence-corrected chi connectivity index (χ0v) is 17.5. The summed E-state index contributed by atoms with van der Waals surface area (Å²) in [4.78, 5) is 40.1. The summed E-state index contributed by atoms with van der Waals surface area (Å²) in [5.41, 5.74) is 0.398. The van der Waals surface area contributed by atoms with Crippen LogP contribution in [-0.2, 0) is 6.42 Å². The van der Waals surface area contributed by atoms with E-state index in [1.165, 1.54) is 20.3 Å². The lowest BCUT2D eigenvalue weighted by atomic mass is 9.75. The molecule has 1 unspecified atom stereocenters. The molecular weight excluding hydrogens is 388 g/mol. The summed E-state index contributed by atoms with van der Waals surface area (Å²) in [6, 6.07) is 6.31. The second-order valence-electron chi connectivity index (χ2n) is 8.18. The van der Waals surface area contributed by atoms with E-state index in [1.54, 1.807) is 18.2 Å². The highest BCUT2D eigenvalue weighted by Gasteiger charge is 2.32. The van der Waals surface area contributed by atoms with Crippen LogP contribution in [0.4, 0.5) is 0 Å². The zero-order chi connectivity index (χ0) is 22.1. The summed E-state index contributed by atoms with van der Waals surface area (Å²) in [7, 11) is 2.98. The summed E-state index contributed by atoms with van der Waals surface area (Å²) in [6.45, 7) is 3.77. The van der Waals surface area contributed by atoms with Crippen molar-refractivity contribution in [2.75, 3.05) is 20.8 Å². The van der Waals surface area contributed by atoms with Crippen LogP contribution in [0.25, 0.3) is 0 Å². The van der Waals surface area contributed by atoms with Gasteiger partial charge in [-0.05, 0) is 36.1 Å². The Balaban J connectivity index is 1.78. The summed E-state index contributed by atoms with van der Waals surface area (Å²) in [5, 5.41) is 13.1. The third-order valence-electron chi connectivity index (χ3n) is 5.21. The van der Waals surface area contributed by atoms with Crippen LogP contribution in [-0.4, -0.2) is 42.5 Å². The summed E-state index contributed by atoms with van der Waals surface area (Å²) in [5.74, 6) is 0.200. The van der Waals surface area contributed by atoms with Crippen LogP contribution in [0.15, 0.2) is 29.1 Å².